The minimum absolute atomic E-state index is 0.0406. The monoisotopic (exact) mass is 399 g/mol. The third-order valence-corrected chi connectivity index (χ3v) is 5.83. The Hall–Kier alpha value is -2.38. The molecule has 1 aromatic heterocycles. The van der Waals surface area contributed by atoms with Crippen LogP contribution in [-0.2, 0) is 11.2 Å². The zero-order valence-corrected chi connectivity index (χ0v) is 16.7. The Balaban J connectivity index is 1.71. The second-order valence-corrected chi connectivity index (χ2v) is 7.92. The summed E-state index contributed by atoms with van der Waals surface area (Å²) in [5.41, 5.74) is 1.09. The number of carbonyl (C=O) groups excluding carboxylic acids is 1. The Morgan fingerprint density at radius 3 is 2.78 bits per heavy atom. The van der Waals surface area contributed by atoms with Crippen LogP contribution in [0.15, 0.2) is 64.6 Å². The van der Waals surface area contributed by atoms with Crippen molar-refractivity contribution in [3.63, 3.8) is 0 Å². The number of rotatable bonds is 8. The van der Waals surface area contributed by atoms with E-state index < -0.39 is 0 Å². The second kappa shape index (κ2) is 9.53. The summed E-state index contributed by atoms with van der Waals surface area (Å²) >= 11 is 3.04. The van der Waals surface area contributed by atoms with Crippen molar-refractivity contribution in [2.24, 2.45) is 10.2 Å². The molecule has 2 heterocycles. The standard InChI is InChI=1S/C20H21N3O2S2/c1-3-11-23-19(24)18(13-15-7-9-16(10-8-15)25-4-2)27-20(23)22-21-14-17-6-5-12-26-17/h3,5-10,12,14,18H,1,4,11,13H2,2H3/b21-14+,22-20+. The molecule has 0 aliphatic carbocycles. The molecule has 5 nitrogen and oxygen atoms in total. The average molecular weight is 400 g/mol. The summed E-state index contributed by atoms with van der Waals surface area (Å²) < 4.78 is 5.47. The van der Waals surface area contributed by atoms with Gasteiger partial charge >= 0.3 is 0 Å². The normalized spacial score (nSPS) is 18.6. The van der Waals surface area contributed by atoms with E-state index in [0.29, 0.717) is 24.7 Å². The van der Waals surface area contributed by atoms with Gasteiger partial charge in [0.1, 0.15) is 5.75 Å². The van der Waals surface area contributed by atoms with E-state index in [1.807, 2.05) is 48.7 Å². The number of benzene rings is 1. The van der Waals surface area contributed by atoms with Gasteiger partial charge in [0.2, 0.25) is 5.91 Å². The lowest BCUT2D eigenvalue weighted by Gasteiger charge is -2.13. The summed E-state index contributed by atoms with van der Waals surface area (Å²) in [4.78, 5) is 15.4. The number of carbonyl (C=O) groups is 1. The fourth-order valence-corrected chi connectivity index (χ4v) is 4.34. The molecule has 2 aromatic rings. The van der Waals surface area contributed by atoms with Crippen LogP contribution >= 0.6 is 23.1 Å². The molecule has 1 aromatic carbocycles. The van der Waals surface area contributed by atoms with Crippen molar-refractivity contribution in [2.75, 3.05) is 13.2 Å². The first-order valence-corrected chi connectivity index (χ1v) is 10.4. The van der Waals surface area contributed by atoms with Crippen LogP contribution in [0.5, 0.6) is 5.75 Å². The summed E-state index contributed by atoms with van der Waals surface area (Å²) in [5, 5.41) is 10.8. The second-order valence-electron chi connectivity index (χ2n) is 5.77. The maximum atomic E-state index is 12.8. The molecule has 1 fully saturated rings. The first-order valence-electron chi connectivity index (χ1n) is 8.66. The molecule has 0 radical (unpaired) electrons. The zero-order valence-electron chi connectivity index (χ0n) is 15.1. The van der Waals surface area contributed by atoms with E-state index >= 15 is 0 Å². The van der Waals surface area contributed by atoms with Crippen LogP contribution in [-0.4, -0.2) is 40.6 Å². The Kier molecular flexibility index (Phi) is 6.84. The fraction of sp³-hybridized carbons (Fsp3) is 0.250. The number of thioether (sulfide) groups is 1. The molecule has 0 bridgehead atoms. The third kappa shape index (κ3) is 5.08. The Bertz CT molecular complexity index is 829. The van der Waals surface area contributed by atoms with Crippen molar-refractivity contribution in [1.82, 2.24) is 4.90 Å². The van der Waals surface area contributed by atoms with Gasteiger partial charge in [-0.15, -0.1) is 23.0 Å². The minimum Gasteiger partial charge on any atom is -0.494 e. The molecule has 0 N–H and O–H groups in total. The van der Waals surface area contributed by atoms with Crippen molar-refractivity contribution >= 4 is 40.4 Å². The SMILES string of the molecule is C=CCN1C(=O)C(Cc2ccc(OCC)cc2)S/C1=N/N=C/c1cccs1. The van der Waals surface area contributed by atoms with Gasteiger partial charge in [0.05, 0.1) is 18.1 Å². The molecular weight excluding hydrogens is 378 g/mol. The molecule has 27 heavy (non-hydrogen) atoms. The lowest BCUT2D eigenvalue weighted by Crippen LogP contribution is -2.32. The van der Waals surface area contributed by atoms with Gasteiger partial charge in [0.25, 0.3) is 0 Å². The molecule has 1 atom stereocenters. The van der Waals surface area contributed by atoms with E-state index in [9.17, 15) is 4.79 Å². The Labute approximate surface area is 167 Å². The van der Waals surface area contributed by atoms with Gasteiger partial charge < -0.3 is 4.74 Å². The smallest absolute Gasteiger partial charge is 0.242 e. The minimum atomic E-state index is -0.210. The largest absolute Gasteiger partial charge is 0.494 e. The van der Waals surface area contributed by atoms with Crippen LogP contribution in [0.1, 0.15) is 17.4 Å². The van der Waals surface area contributed by atoms with Gasteiger partial charge in [-0.05, 0) is 42.5 Å². The molecular formula is C20H21N3O2S2. The van der Waals surface area contributed by atoms with Crippen LogP contribution in [0.4, 0.5) is 0 Å². The molecule has 1 aliphatic rings. The molecule has 1 aliphatic heterocycles. The summed E-state index contributed by atoms with van der Waals surface area (Å²) in [6, 6.07) is 11.8. The number of thiophene rings is 1. The van der Waals surface area contributed by atoms with Gasteiger partial charge in [0, 0.05) is 11.4 Å². The molecule has 3 rings (SSSR count). The third-order valence-electron chi connectivity index (χ3n) is 3.86. The topological polar surface area (TPSA) is 54.3 Å². The summed E-state index contributed by atoms with van der Waals surface area (Å²) in [6.07, 6.45) is 4.04. The Morgan fingerprint density at radius 2 is 2.11 bits per heavy atom. The first kappa shape index (κ1) is 19.4. The number of nitrogens with zero attached hydrogens (tertiary/aromatic N) is 3. The van der Waals surface area contributed by atoms with Gasteiger partial charge in [-0.2, -0.15) is 5.10 Å². The zero-order chi connectivity index (χ0) is 19.1. The van der Waals surface area contributed by atoms with E-state index in [1.54, 1.807) is 28.5 Å². The average Bonchev–Trinajstić information content (AvgIpc) is 3.28. The predicted octanol–water partition coefficient (Wildman–Crippen LogP) is 4.21. The number of amidine groups is 1. The summed E-state index contributed by atoms with van der Waals surface area (Å²) in [6.45, 7) is 6.76. The van der Waals surface area contributed by atoms with Gasteiger partial charge in [-0.3, -0.25) is 9.69 Å². The molecule has 1 saturated heterocycles. The maximum absolute atomic E-state index is 12.8. The predicted molar refractivity (Wildman–Crippen MR) is 114 cm³/mol. The molecule has 0 spiro atoms. The highest BCUT2D eigenvalue weighted by atomic mass is 32.2. The molecule has 1 amide bonds. The highest BCUT2D eigenvalue weighted by Gasteiger charge is 2.37. The summed E-state index contributed by atoms with van der Waals surface area (Å²) in [7, 11) is 0. The quantitative estimate of drug-likeness (QED) is 0.380. The first-order chi connectivity index (χ1) is 13.2. The van der Waals surface area contributed by atoms with Crippen LogP contribution in [0.2, 0.25) is 0 Å². The number of ether oxygens (including phenoxy) is 1. The lowest BCUT2D eigenvalue weighted by molar-refractivity contribution is -0.125. The van der Waals surface area contributed by atoms with Gasteiger partial charge in [-0.1, -0.05) is 36.0 Å². The lowest BCUT2D eigenvalue weighted by atomic mass is 10.1. The van der Waals surface area contributed by atoms with Crippen LogP contribution in [0, 0.1) is 0 Å². The molecule has 1 unspecified atom stereocenters. The Morgan fingerprint density at radius 1 is 1.30 bits per heavy atom. The van der Waals surface area contributed by atoms with Gasteiger partial charge in [0.15, 0.2) is 5.17 Å². The van der Waals surface area contributed by atoms with E-state index in [4.69, 9.17) is 4.74 Å². The van der Waals surface area contributed by atoms with Crippen LogP contribution < -0.4 is 4.74 Å². The van der Waals surface area contributed by atoms with Crippen LogP contribution in [0.25, 0.3) is 0 Å². The van der Waals surface area contributed by atoms with Crippen molar-refractivity contribution in [3.8, 4) is 5.75 Å². The highest BCUT2D eigenvalue weighted by molar-refractivity contribution is 8.15. The molecule has 140 valence electrons. The van der Waals surface area contributed by atoms with E-state index in [1.165, 1.54) is 11.8 Å². The van der Waals surface area contributed by atoms with Crippen molar-refractivity contribution < 1.29 is 9.53 Å². The molecule has 0 saturated carbocycles. The van der Waals surface area contributed by atoms with E-state index in [2.05, 4.69) is 16.8 Å². The fourth-order valence-electron chi connectivity index (χ4n) is 2.62. The number of amides is 1. The number of hydrogen-bond acceptors (Lipinski definition) is 6. The highest BCUT2D eigenvalue weighted by Crippen LogP contribution is 2.30. The summed E-state index contributed by atoms with van der Waals surface area (Å²) in [5.74, 6) is 0.879. The van der Waals surface area contributed by atoms with Crippen molar-refractivity contribution in [2.45, 2.75) is 18.6 Å². The van der Waals surface area contributed by atoms with Gasteiger partial charge in [-0.25, -0.2) is 0 Å². The van der Waals surface area contributed by atoms with Crippen molar-refractivity contribution in [1.29, 1.82) is 0 Å². The molecule has 7 heteroatoms. The van der Waals surface area contributed by atoms with E-state index in [0.717, 1.165) is 16.2 Å². The van der Waals surface area contributed by atoms with Crippen molar-refractivity contribution in [3.05, 3.63) is 64.9 Å². The van der Waals surface area contributed by atoms with Crippen LogP contribution in [0.3, 0.4) is 0 Å². The number of hydrogen-bond donors (Lipinski definition) is 0. The van der Waals surface area contributed by atoms with E-state index in [-0.39, 0.29) is 11.2 Å². The maximum Gasteiger partial charge on any atom is 0.242 e.